The molecule has 1 unspecified atom stereocenters. The van der Waals surface area contributed by atoms with Gasteiger partial charge in [-0.2, -0.15) is 16.1 Å². The molecule has 0 aromatic carbocycles. The maximum atomic E-state index is 12.8. The minimum atomic E-state index is -3.51. The van der Waals surface area contributed by atoms with Crippen LogP contribution in [0.3, 0.4) is 0 Å². The van der Waals surface area contributed by atoms with Crippen LogP contribution in [0.2, 0.25) is 0 Å². The lowest BCUT2D eigenvalue weighted by Crippen LogP contribution is -2.43. The quantitative estimate of drug-likeness (QED) is 0.880. The second-order valence-electron chi connectivity index (χ2n) is 6.32. The SMILES string of the molecule is CCC1CCCCN1C(=O)c1cc(S(=O)(=O)N2CCSCC2)c[nH]1. The van der Waals surface area contributed by atoms with Crippen LogP contribution in [0.25, 0.3) is 0 Å². The Hall–Kier alpha value is -0.990. The van der Waals surface area contributed by atoms with E-state index in [0.29, 0.717) is 18.8 Å². The smallest absolute Gasteiger partial charge is 0.270 e. The number of aromatic nitrogens is 1. The minimum Gasteiger partial charge on any atom is -0.356 e. The summed E-state index contributed by atoms with van der Waals surface area (Å²) < 4.78 is 26.9. The first-order valence-corrected chi connectivity index (χ1v) is 11.2. The first-order valence-electron chi connectivity index (χ1n) is 8.61. The molecule has 6 nitrogen and oxygen atoms in total. The molecule has 0 radical (unpaired) electrons. The van der Waals surface area contributed by atoms with Gasteiger partial charge in [-0.1, -0.05) is 6.92 Å². The van der Waals surface area contributed by atoms with E-state index in [1.54, 1.807) is 11.8 Å². The molecule has 24 heavy (non-hydrogen) atoms. The van der Waals surface area contributed by atoms with E-state index in [-0.39, 0.29) is 16.8 Å². The Morgan fingerprint density at radius 2 is 2.04 bits per heavy atom. The number of hydrogen-bond acceptors (Lipinski definition) is 4. The molecule has 2 saturated heterocycles. The van der Waals surface area contributed by atoms with Crippen molar-refractivity contribution in [1.29, 1.82) is 0 Å². The van der Waals surface area contributed by atoms with Gasteiger partial charge in [0.1, 0.15) is 10.6 Å². The fourth-order valence-corrected chi connectivity index (χ4v) is 6.00. The van der Waals surface area contributed by atoms with Crippen molar-refractivity contribution in [2.45, 2.75) is 43.5 Å². The van der Waals surface area contributed by atoms with Gasteiger partial charge in [-0.3, -0.25) is 4.79 Å². The van der Waals surface area contributed by atoms with Crippen molar-refractivity contribution in [2.24, 2.45) is 0 Å². The number of rotatable bonds is 4. The van der Waals surface area contributed by atoms with Gasteiger partial charge in [0.2, 0.25) is 10.0 Å². The Bertz CT molecular complexity index is 680. The molecule has 134 valence electrons. The Morgan fingerprint density at radius 3 is 2.75 bits per heavy atom. The predicted octanol–water partition coefficient (Wildman–Crippen LogP) is 2.16. The van der Waals surface area contributed by atoms with Crippen LogP contribution in [-0.4, -0.2) is 65.7 Å². The van der Waals surface area contributed by atoms with Crippen molar-refractivity contribution in [1.82, 2.24) is 14.2 Å². The van der Waals surface area contributed by atoms with Crippen LogP contribution >= 0.6 is 11.8 Å². The second-order valence-corrected chi connectivity index (χ2v) is 9.48. The first kappa shape index (κ1) is 17.8. The highest BCUT2D eigenvalue weighted by Gasteiger charge is 2.30. The molecule has 1 aromatic heterocycles. The number of thioether (sulfide) groups is 1. The summed E-state index contributed by atoms with van der Waals surface area (Å²) in [5, 5.41) is 0. The number of aromatic amines is 1. The molecule has 1 aromatic rings. The molecule has 0 aliphatic carbocycles. The highest BCUT2D eigenvalue weighted by Crippen LogP contribution is 2.24. The average molecular weight is 372 g/mol. The minimum absolute atomic E-state index is 0.0859. The van der Waals surface area contributed by atoms with Crippen molar-refractivity contribution >= 4 is 27.7 Å². The third kappa shape index (κ3) is 3.50. The van der Waals surface area contributed by atoms with Gasteiger partial charge < -0.3 is 9.88 Å². The van der Waals surface area contributed by atoms with Crippen LogP contribution in [0.1, 0.15) is 43.1 Å². The molecular formula is C16H25N3O3S2. The van der Waals surface area contributed by atoms with Gasteiger partial charge in [-0.25, -0.2) is 8.42 Å². The van der Waals surface area contributed by atoms with Gasteiger partial charge in [0, 0.05) is 43.4 Å². The van der Waals surface area contributed by atoms with E-state index in [0.717, 1.165) is 43.7 Å². The fraction of sp³-hybridized carbons (Fsp3) is 0.688. The second kappa shape index (κ2) is 7.49. The molecule has 0 saturated carbocycles. The van der Waals surface area contributed by atoms with E-state index in [1.165, 1.54) is 16.6 Å². The van der Waals surface area contributed by atoms with Crippen LogP contribution in [0, 0.1) is 0 Å². The topological polar surface area (TPSA) is 73.5 Å². The number of amides is 1. The van der Waals surface area contributed by atoms with E-state index in [2.05, 4.69) is 11.9 Å². The molecule has 3 rings (SSSR count). The lowest BCUT2D eigenvalue weighted by Gasteiger charge is -2.35. The Balaban J connectivity index is 1.78. The Morgan fingerprint density at radius 1 is 1.29 bits per heavy atom. The van der Waals surface area contributed by atoms with Gasteiger partial charge in [-0.15, -0.1) is 0 Å². The standard InChI is InChI=1S/C16H25N3O3S2/c1-2-13-5-3-4-6-19(13)16(20)15-11-14(12-17-15)24(21,22)18-7-9-23-10-8-18/h11-13,17H,2-10H2,1H3. The molecule has 2 fully saturated rings. The zero-order chi connectivity index (χ0) is 17.2. The lowest BCUT2D eigenvalue weighted by atomic mass is 10.00. The molecule has 1 atom stereocenters. The van der Waals surface area contributed by atoms with Crippen LogP contribution < -0.4 is 0 Å². The summed E-state index contributed by atoms with van der Waals surface area (Å²) in [6.07, 6.45) is 5.58. The molecule has 3 heterocycles. The highest BCUT2D eigenvalue weighted by atomic mass is 32.2. The van der Waals surface area contributed by atoms with E-state index < -0.39 is 10.0 Å². The molecule has 0 spiro atoms. The lowest BCUT2D eigenvalue weighted by molar-refractivity contribution is 0.0602. The predicted molar refractivity (Wildman–Crippen MR) is 95.8 cm³/mol. The maximum Gasteiger partial charge on any atom is 0.270 e. The summed E-state index contributed by atoms with van der Waals surface area (Å²) in [5.41, 5.74) is 0.375. The highest BCUT2D eigenvalue weighted by molar-refractivity contribution is 7.99. The first-order chi connectivity index (χ1) is 11.5. The monoisotopic (exact) mass is 371 g/mol. The van der Waals surface area contributed by atoms with Gasteiger partial charge in [0.25, 0.3) is 5.91 Å². The molecule has 0 bridgehead atoms. The van der Waals surface area contributed by atoms with Crippen molar-refractivity contribution in [2.75, 3.05) is 31.1 Å². The van der Waals surface area contributed by atoms with Crippen LogP contribution in [0.15, 0.2) is 17.2 Å². The number of piperidine rings is 1. The van der Waals surface area contributed by atoms with Gasteiger partial charge in [0.05, 0.1) is 0 Å². The van der Waals surface area contributed by atoms with E-state index in [4.69, 9.17) is 0 Å². The van der Waals surface area contributed by atoms with E-state index in [1.807, 2.05) is 4.90 Å². The van der Waals surface area contributed by atoms with E-state index in [9.17, 15) is 13.2 Å². The number of H-pyrrole nitrogens is 1. The largest absolute Gasteiger partial charge is 0.356 e. The van der Waals surface area contributed by atoms with Crippen LogP contribution in [-0.2, 0) is 10.0 Å². The van der Waals surface area contributed by atoms with E-state index >= 15 is 0 Å². The number of likely N-dealkylation sites (tertiary alicyclic amines) is 1. The number of hydrogen-bond donors (Lipinski definition) is 1. The van der Waals surface area contributed by atoms with Crippen molar-refractivity contribution in [3.63, 3.8) is 0 Å². The number of sulfonamides is 1. The third-order valence-electron chi connectivity index (χ3n) is 4.85. The Kier molecular flexibility index (Phi) is 5.56. The van der Waals surface area contributed by atoms with Crippen molar-refractivity contribution in [3.8, 4) is 0 Å². The normalized spacial score (nSPS) is 23.4. The van der Waals surface area contributed by atoms with Crippen LogP contribution in [0.4, 0.5) is 0 Å². The van der Waals surface area contributed by atoms with Gasteiger partial charge in [-0.05, 0) is 31.7 Å². The summed E-state index contributed by atoms with van der Waals surface area (Å²) in [5.74, 6) is 1.56. The summed E-state index contributed by atoms with van der Waals surface area (Å²) in [6.45, 7) is 3.91. The maximum absolute atomic E-state index is 12.8. The molecule has 2 aliphatic heterocycles. The molecule has 8 heteroatoms. The molecule has 1 amide bonds. The Labute approximate surface area is 148 Å². The molecular weight excluding hydrogens is 346 g/mol. The number of nitrogens with zero attached hydrogens (tertiary/aromatic N) is 2. The fourth-order valence-electron chi connectivity index (χ4n) is 3.43. The van der Waals surface area contributed by atoms with Gasteiger partial charge in [0.15, 0.2) is 0 Å². The van der Waals surface area contributed by atoms with Crippen LogP contribution in [0.5, 0.6) is 0 Å². The summed E-state index contributed by atoms with van der Waals surface area (Å²) in [4.78, 5) is 17.7. The van der Waals surface area contributed by atoms with Gasteiger partial charge >= 0.3 is 0 Å². The number of carbonyl (C=O) groups is 1. The molecule has 2 aliphatic rings. The zero-order valence-corrected chi connectivity index (χ0v) is 15.7. The van der Waals surface area contributed by atoms with Crippen molar-refractivity contribution < 1.29 is 13.2 Å². The number of nitrogens with one attached hydrogen (secondary N) is 1. The average Bonchev–Trinajstić information content (AvgIpc) is 3.13. The third-order valence-corrected chi connectivity index (χ3v) is 7.67. The summed E-state index contributed by atoms with van der Waals surface area (Å²) >= 11 is 1.77. The summed E-state index contributed by atoms with van der Waals surface area (Å²) in [6, 6.07) is 1.76. The zero-order valence-electron chi connectivity index (χ0n) is 14.0. The number of carbonyl (C=O) groups excluding carboxylic acids is 1. The van der Waals surface area contributed by atoms with Crippen molar-refractivity contribution in [3.05, 3.63) is 18.0 Å². The summed E-state index contributed by atoms with van der Waals surface area (Å²) in [7, 11) is -3.51. The molecule has 1 N–H and O–H groups in total.